The summed E-state index contributed by atoms with van der Waals surface area (Å²) in [6, 6.07) is 2.47. The van der Waals surface area contributed by atoms with E-state index in [9.17, 15) is 13.2 Å². The number of nitrogens with zero attached hydrogens (tertiary/aromatic N) is 3. The van der Waals surface area contributed by atoms with Crippen molar-refractivity contribution in [2.24, 2.45) is 0 Å². The molecule has 7 heteroatoms. The Hall–Kier alpha value is -2.05. The van der Waals surface area contributed by atoms with Crippen molar-refractivity contribution in [3.63, 3.8) is 0 Å². The van der Waals surface area contributed by atoms with Gasteiger partial charge in [0.2, 0.25) is 0 Å². The average molecular weight is 268 g/mol. The number of nitrogens with one attached hydrogen (secondary N) is 1. The number of alkyl halides is 3. The number of pyridine rings is 1. The highest BCUT2D eigenvalue weighted by molar-refractivity contribution is 5.42. The number of hydrogen-bond donors (Lipinski definition) is 1. The van der Waals surface area contributed by atoms with E-state index in [4.69, 9.17) is 0 Å². The van der Waals surface area contributed by atoms with Crippen LogP contribution in [0.2, 0.25) is 0 Å². The van der Waals surface area contributed by atoms with Gasteiger partial charge in [0.25, 0.3) is 0 Å². The molecule has 0 fully saturated rings. The van der Waals surface area contributed by atoms with Crippen molar-refractivity contribution in [2.45, 2.75) is 19.1 Å². The van der Waals surface area contributed by atoms with Crippen LogP contribution in [0.15, 0.2) is 24.7 Å². The minimum absolute atomic E-state index is 0.549. The predicted octanol–water partition coefficient (Wildman–Crippen LogP) is 2.39. The maximum absolute atomic E-state index is 12.5. The minimum Gasteiger partial charge on any atom is -0.350 e. The van der Waals surface area contributed by atoms with Gasteiger partial charge in [0, 0.05) is 19.2 Å². The molecular formula is C12H11F3N4. The lowest BCUT2D eigenvalue weighted by molar-refractivity contribution is -0.137. The van der Waals surface area contributed by atoms with Crippen LogP contribution in [-0.4, -0.2) is 21.5 Å². The van der Waals surface area contributed by atoms with Crippen LogP contribution >= 0.6 is 0 Å². The predicted molar refractivity (Wildman–Crippen MR) is 62.6 cm³/mol. The number of rotatable bonds is 1. The van der Waals surface area contributed by atoms with Crippen LogP contribution in [0.3, 0.4) is 0 Å². The quantitative estimate of drug-likeness (QED) is 0.863. The highest BCUT2D eigenvalue weighted by Crippen LogP contribution is 2.30. The molecule has 0 unspecified atom stereocenters. The van der Waals surface area contributed by atoms with E-state index in [1.165, 1.54) is 6.07 Å². The lowest BCUT2D eigenvalue weighted by Gasteiger charge is -2.27. The third-order valence-electron chi connectivity index (χ3n) is 3.17. The van der Waals surface area contributed by atoms with E-state index in [1.807, 2.05) is 4.90 Å². The molecule has 19 heavy (non-hydrogen) atoms. The van der Waals surface area contributed by atoms with Crippen molar-refractivity contribution in [3.05, 3.63) is 41.6 Å². The molecule has 0 radical (unpaired) electrons. The van der Waals surface area contributed by atoms with Crippen LogP contribution in [0, 0.1) is 0 Å². The van der Waals surface area contributed by atoms with Crippen LogP contribution in [0.1, 0.15) is 17.0 Å². The summed E-state index contributed by atoms with van der Waals surface area (Å²) in [4.78, 5) is 13.0. The summed E-state index contributed by atoms with van der Waals surface area (Å²) in [6.45, 7) is 1.30. The van der Waals surface area contributed by atoms with E-state index in [-0.39, 0.29) is 0 Å². The lowest BCUT2D eigenvalue weighted by atomic mass is 10.1. The van der Waals surface area contributed by atoms with E-state index in [1.54, 1.807) is 6.33 Å². The highest BCUT2D eigenvalue weighted by atomic mass is 19.4. The number of aromatic amines is 1. The van der Waals surface area contributed by atoms with E-state index < -0.39 is 11.7 Å². The molecule has 0 bridgehead atoms. The average Bonchev–Trinajstić information content (AvgIpc) is 2.85. The van der Waals surface area contributed by atoms with Gasteiger partial charge in [-0.15, -0.1) is 0 Å². The van der Waals surface area contributed by atoms with E-state index >= 15 is 0 Å². The van der Waals surface area contributed by atoms with Crippen molar-refractivity contribution in [1.29, 1.82) is 0 Å². The molecule has 1 N–H and O–H groups in total. The summed E-state index contributed by atoms with van der Waals surface area (Å²) in [5.74, 6) is 0.549. The van der Waals surface area contributed by atoms with Crippen molar-refractivity contribution in [3.8, 4) is 0 Å². The first-order valence-electron chi connectivity index (χ1n) is 5.83. The summed E-state index contributed by atoms with van der Waals surface area (Å²) in [5, 5.41) is 0. The second-order valence-electron chi connectivity index (χ2n) is 4.40. The number of anilines is 1. The van der Waals surface area contributed by atoms with E-state index in [0.29, 0.717) is 18.9 Å². The van der Waals surface area contributed by atoms with Gasteiger partial charge in [-0.05, 0) is 12.1 Å². The number of halogens is 3. The van der Waals surface area contributed by atoms with Crippen LogP contribution in [-0.2, 0) is 19.1 Å². The second-order valence-corrected chi connectivity index (χ2v) is 4.40. The number of hydrogen-bond acceptors (Lipinski definition) is 3. The summed E-state index contributed by atoms with van der Waals surface area (Å²) in [5.41, 5.74) is 1.28. The molecule has 1 aliphatic heterocycles. The van der Waals surface area contributed by atoms with Gasteiger partial charge in [0.05, 0.1) is 29.8 Å². The van der Waals surface area contributed by atoms with Crippen LogP contribution < -0.4 is 4.90 Å². The van der Waals surface area contributed by atoms with Crippen molar-refractivity contribution in [1.82, 2.24) is 15.0 Å². The van der Waals surface area contributed by atoms with Gasteiger partial charge >= 0.3 is 6.18 Å². The number of aromatic nitrogens is 3. The van der Waals surface area contributed by atoms with Gasteiger partial charge in [0.1, 0.15) is 5.82 Å². The fourth-order valence-corrected chi connectivity index (χ4v) is 2.15. The molecule has 0 aliphatic carbocycles. The molecule has 0 atom stereocenters. The molecule has 0 saturated heterocycles. The Bertz CT molecular complexity index is 573. The molecular weight excluding hydrogens is 257 g/mol. The zero-order valence-corrected chi connectivity index (χ0v) is 9.91. The molecule has 4 nitrogen and oxygen atoms in total. The van der Waals surface area contributed by atoms with Gasteiger partial charge in [-0.3, -0.25) is 0 Å². The van der Waals surface area contributed by atoms with Crippen molar-refractivity contribution < 1.29 is 13.2 Å². The monoisotopic (exact) mass is 268 g/mol. The Kier molecular flexibility index (Phi) is 2.69. The minimum atomic E-state index is -4.34. The number of H-pyrrole nitrogens is 1. The fraction of sp³-hybridized carbons (Fsp3) is 0.333. The zero-order chi connectivity index (χ0) is 13.5. The highest BCUT2D eigenvalue weighted by Gasteiger charge is 2.31. The molecule has 100 valence electrons. The Morgan fingerprint density at radius 1 is 1.21 bits per heavy atom. The Labute approximate surface area is 107 Å². The lowest BCUT2D eigenvalue weighted by Crippen LogP contribution is -2.31. The second kappa shape index (κ2) is 4.25. The normalized spacial score (nSPS) is 15.4. The molecule has 3 rings (SSSR count). The van der Waals surface area contributed by atoms with Gasteiger partial charge in [-0.2, -0.15) is 13.2 Å². The van der Waals surface area contributed by atoms with E-state index in [2.05, 4.69) is 15.0 Å². The largest absolute Gasteiger partial charge is 0.417 e. The maximum atomic E-state index is 12.5. The topological polar surface area (TPSA) is 44.8 Å². The Morgan fingerprint density at radius 3 is 2.74 bits per heavy atom. The number of imidazole rings is 1. The first-order valence-corrected chi connectivity index (χ1v) is 5.83. The van der Waals surface area contributed by atoms with Gasteiger partial charge in [-0.25, -0.2) is 9.97 Å². The summed E-state index contributed by atoms with van der Waals surface area (Å²) < 4.78 is 37.4. The smallest absolute Gasteiger partial charge is 0.350 e. The van der Waals surface area contributed by atoms with Crippen LogP contribution in [0.4, 0.5) is 19.0 Å². The standard InChI is InChI=1S/C12H11F3N4/c13-12(14,15)8-1-2-11(16-5-8)19-4-3-9-10(6-19)18-7-17-9/h1-2,5,7H,3-4,6H2,(H,17,18). The van der Waals surface area contributed by atoms with Crippen molar-refractivity contribution >= 4 is 5.82 Å². The molecule has 0 saturated carbocycles. The zero-order valence-electron chi connectivity index (χ0n) is 9.91. The van der Waals surface area contributed by atoms with Gasteiger partial charge in [0.15, 0.2) is 0 Å². The third kappa shape index (κ3) is 2.27. The molecule has 2 aromatic rings. The SMILES string of the molecule is FC(F)(F)c1ccc(N2CCc3nc[nH]c3C2)nc1. The fourth-order valence-electron chi connectivity index (χ4n) is 2.15. The molecule has 0 aromatic carbocycles. The third-order valence-corrected chi connectivity index (χ3v) is 3.17. The molecule has 0 amide bonds. The maximum Gasteiger partial charge on any atom is 0.417 e. The molecule has 1 aliphatic rings. The molecule has 3 heterocycles. The van der Waals surface area contributed by atoms with Crippen molar-refractivity contribution in [2.75, 3.05) is 11.4 Å². The Balaban J connectivity index is 1.81. The van der Waals surface area contributed by atoms with Crippen LogP contribution in [0.5, 0.6) is 0 Å². The summed E-state index contributed by atoms with van der Waals surface area (Å²) >= 11 is 0. The molecule has 0 spiro atoms. The first kappa shape index (κ1) is 12.0. The Morgan fingerprint density at radius 2 is 2.05 bits per heavy atom. The number of fused-ring (bicyclic) bond motifs is 1. The van der Waals surface area contributed by atoms with Gasteiger partial charge in [-0.1, -0.05) is 0 Å². The molecule has 2 aromatic heterocycles. The summed E-state index contributed by atoms with van der Waals surface area (Å²) in [7, 11) is 0. The first-order chi connectivity index (χ1) is 9.04. The van der Waals surface area contributed by atoms with Crippen LogP contribution in [0.25, 0.3) is 0 Å². The van der Waals surface area contributed by atoms with Gasteiger partial charge < -0.3 is 9.88 Å². The summed E-state index contributed by atoms with van der Waals surface area (Å²) in [6.07, 6.45) is -1.07. The van der Waals surface area contributed by atoms with E-state index in [0.717, 1.165) is 30.1 Å².